The number of hydrogen-bond donors (Lipinski definition) is 1. The van der Waals surface area contributed by atoms with E-state index in [1.54, 1.807) is 0 Å². The Kier molecular flexibility index (Phi) is 5.28. The normalized spacial score (nSPS) is 6.80. The van der Waals surface area contributed by atoms with Crippen molar-refractivity contribution in [2.45, 2.75) is 0 Å². The van der Waals surface area contributed by atoms with Gasteiger partial charge in [0, 0.05) is 11.0 Å². The maximum Gasteiger partial charge on any atom is 0.0495 e. The number of rotatable bonds is 0. The van der Waals surface area contributed by atoms with Gasteiger partial charge in [0.15, 0.2) is 0 Å². The topological polar surface area (TPSA) is 54.4 Å². The Labute approximate surface area is 25.0 Å². The quantitative estimate of drug-likeness (QED) is 0.374. The Balaban J connectivity index is 0. The summed E-state index contributed by atoms with van der Waals surface area (Å²) in [6, 6.07) is 0. The zero-order valence-corrected chi connectivity index (χ0v) is 9.59. The summed E-state index contributed by atoms with van der Waals surface area (Å²) >= 11 is 0. The summed E-state index contributed by atoms with van der Waals surface area (Å²) in [5.74, 6) is 0. The van der Waals surface area contributed by atoms with Gasteiger partial charge in [-0.05, 0) is 0 Å². The van der Waals surface area contributed by atoms with Crippen LogP contribution in [0.5, 0.6) is 0 Å². The monoisotopic (exact) mass is 348 g/mol. The van der Waals surface area contributed by atoms with Crippen molar-refractivity contribution >= 4 is 11.0 Å². The van der Waals surface area contributed by atoms with Crippen LogP contribution in [0.25, 0.3) is 0 Å². The first-order valence-electron chi connectivity index (χ1n) is 0.516. The van der Waals surface area contributed by atoms with Crippen molar-refractivity contribution in [3.05, 3.63) is 0 Å². The molecule has 0 rings (SSSR count). The van der Waals surface area contributed by atoms with Crippen LogP contribution in [-0.2, 0) is 19.4 Å². The summed E-state index contributed by atoms with van der Waals surface area (Å²) < 4.78 is 24.1. The van der Waals surface area contributed by atoms with E-state index in [1.807, 2.05) is 0 Å². The van der Waals surface area contributed by atoms with Crippen molar-refractivity contribution in [3.8, 4) is 0 Å². The van der Waals surface area contributed by atoms with Crippen LogP contribution in [-0.4, -0.2) is 4.55 Å². The molecule has 0 radical (unpaired) electrons. The van der Waals surface area contributed by atoms with Gasteiger partial charge in [0.25, 0.3) is 0 Å². The van der Waals surface area contributed by atoms with E-state index in [9.17, 15) is 0 Å². The summed E-state index contributed by atoms with van der Waals surface area (Å²) in [4.78, 5) is 0. The Morgan fingerprint density at radius 3 is 1.40 bits per heavy atom. The molecule has 0 fully saturated rings. The standard InChI is InChI=1S/HO3S.Rf/c1-4(2)3;/h(H,1,2,3);/q-1;. The second kappa shape index (κ2) is 2.91. The minimum atomic E-state index is -2.86. The van der Waals surface area contributed by atoms with Gasteiger partial charge in [0.1, 0.15) is 0 Å². The molecule has 0 bridgehead atoms. The predicted octanol–water partition coefficient (Wildman–Crippen LogP) is -0.231. The van der Waals surface area contributed by atoms with Gasteiger partial charge in [-0.2, -0.15) is 0 Å². The molecule has 0 aromatic heterocycles. The molecule has 0 saturated heterocycles. The fourth-order valence-electron chi connectivity index (χ4n) is 0. The Bertz CT molecular complexity index is 55.3. The summed E-state index contributed by atoms with van der Waals surface area (Å²) in [5, 5.41) is 0. The molecule has 0 unspecified atom stereocenters. The van der Waals surface area contributed by atoms with Crippen LogP contribution in [0.4, 0.5) is 0 Å². The molecule has 0 aromatic carbocycles. The summed E-state index contributed by atoms with van der Waals surface area (Å²) in [7, 11) is -2.86. The second-order valence-electron chi connectivity index (χ2n) is 0.217. The molecule has 0 saturated carbocycles. The van der Waals surface area contributed by atoms with Crippen molar-refractivity contribution in [2.75, 3.05) is 0 Å². The Morgan fingerprint density at radius 1 is 1.40 bits per heavy atom. The van der Waals surface area contributed by atoms with Crippen LogP contribution in [0.2, 0.25) is 0 Å². The molecule has 0 spiro atoms. The first-order chi connectivity index (χ1) is 1.73. The van der Waals surface area contributed by atoms with Crippen molar-refractivity contribution in [2.24, 2.45) is 0 Å². The van der Waals surface area contributed by atoms with Gasteiger partial charge < -0.3 is 13.0 Å². The van der Waals surface area contributed by atoms with Crippen LogP contribution in [0.15, 0.2) is 0 Å². The van der Waals surface area contributed by atoms with E-state index < -0.39 is 11.0 Å². The van der Waals surface area contributed by atoms with Crippen molar-refractivity contribution in [1.29, 1.82) is 0 Å². The van der Waals surface area contributed by atoms with E-state index in [2.05, 4.69) is 0 Å². The van der Waals surface area contributed by atoms with Crippen molar-refractivity contribution in [1.82, 2.24) is 0 Å². The third-order valence-corrected chi connectivity index (χ3v) is 0. The van der Waals surface area contributed by atoms with Crippen molar-refractivity contribution in [3.63, 3.8) is 0 Å². The zero-order valence-electron chi connectivity index (χ0n) is 2.38. The average molecular weight is 348 g/mol. The van der Waals surface area contributed by atoms with E-state index in [1.165, 1.54) is 0 Å². The van der Waals surface area contributed by atoms with Gasteiger partial charge in [-0.1, -0.05) is 0 Å². The Hall–Kier alpha value is -1.09. The molecule has 0 aliphatic heterocycles. The second-order valence-corrected chi connectivity index (χ2v) is 0.651. The first-order valence-corrected chi connectivity index (χ1v) is 1.55. The SMILES string of the molecule is O=[S-](=O)O.[Rf]. The molecule has 28 valence electrons. The molecular weight excluding hydrogens is 347 g/mol. The first kappa shape index (κ1) is 9.08. The third kappa shape index (κ3) is 2.03. The largest absolute Gasteiger partial charge is 0.439 e. The average Bonchev–Trinajstić information content (AvgIpc) is 0.811. The maximum absolute atomic E-state index is 8.56. The van der Waals surface area contributed by atoms with Gasteiger partial charge in [-0.3, -0.25) is 0 Å². The van der Waals surface area contributed by atoms with Crippen LogP contribution in [0, 0.1) is 0 Å². The third-order valence-electron chi connectivity index (χ3n) is 0. The molecule has 5 heteroatoms. The minimum absolute atomic E-state index is 0. The van der Waals surface area contributed by atoms with Crippen LogP contribution in [0.3, 0.4) is 0 Å². The summed E-state index contributed by atoms with van der Waals surface area (Å²) in [6.45, 7) is 0. The van der Waals surface area contributed by atoms with E-state index in [0.29, 0.717) is 0 Å². The van der Waals surface area contributed by atoms with E-state index in [0.717, 1.165) is 0 Å². The van der Waals surface area contributed by atoms with Gasteiger partial charge in [-0.15, -0.1) is 0 Å². The molecule has 0 aliphatic rings. The van der Waals surface area contributed by atoms with Gasteiger partial charge in [0.2, 0.25) is 0 Å². The van der Waals surface area contributed by atoms with E-state index in [-0.39, 0.29) is 0 Å². The summed E-state index contributed by atoms with van der Waals surface area (Å²) in [5.41, 5.74) is 0. The molecular formula is HO3RfS-. The number of hydrogen-bond acceptors (Lipinski definition) is 3. The molecule has 0 amide bonds. The fraction of sp³-hybridized carbons (Fsp3) is 0. The van der Waals surface area contributed by atoms with Crippen LogP contribution >= 0.6 is 0 Å². The minimum Gasteiger partial charge on any atom is -0.439 e. The zero-order chi connectivity index (χ0) is 3.58. The Morgan fingerprint density at radius 2 is 1.40 bits per heavy atom. The smallest absolute Gasteiger partial charge is 0.0495 e. The molecule has 3 nitrogen and oxygen atoms in total. The predicted molar refractivity (Wildman–Crippen MR) is 11.4 cm³/mol. The molecule has 0 aliphatic carbocycles. The van der Waals surface area contributed by atoms with Crippen LogP contribution < -0.4 is 0 Å². The van der Waals surface area contributed by atoms with Gasteiger partial charge >= 0.3 is 0 Å². The van der Waals surface area contributed by atoms with Gasteiger partial charge in [-0.25, -0.2) is 0 Å². The molecule has 0 atom stereocenters. The van der Waals surface area contributed by atoms with Gasteiger partial charge in [0.05, 0.1) is 0 Å². The summed E-state index contributed by atoms with van der Waals surface area (Å²) in [6.07, 6.45) is 0. The van der Waals surface area contributed by atoms with Crippen molar-refractivity contribution < 1.29 is 13.0 Å². The van der Waals surface area contributed by atoms with E-state index >= 15 is 0 Å². The molecule has 1 N–H and O–H groups in total. The van der Waals surface area contributed by atoms with Crippen LogP contribution in [0.1, 0.15) is 0 Å². The van der Waals surface area contributed by atoms with E-state index in [4.69, 9.17) is 13.0 Å². The fourth-order valence-corrected chi connectivity index (χ4v) is 0. The molecule has 5 heavy (non-hydrogen) atoms. The molecule has 0 aromatic rings. The maximum atomic E-state index is 8.56. The molecule has 0 heterocycles.